The van der Waals surface area contributed by atoms with Crippen molar-refractivity contribution in [1.82, 2.24) is 4.57 Å². The van der Waals surface area contributed by atoms with E-state index in [1.54, 1.807) is 28.8 Å². The molecule has 1 heterocycles. The van der Waals surface area contributed by atoms with Crippen molar-refractivity contribution in [2.24, 2.45) is 0 Å². The first-order valence-electron chi connectivity index (χ1n) is 4.94. The van der Waals surface area contributed by atoms with Crippen LogP contribution in [0.15, 0.2) is 35.1 Å². The summed E-state index contributed by atoms with van der Waals surface area (Å²) < 4.78 is 1.68. The van der Waals surface area contributed by atoms with Crippen molar-refractivity contribution in [2.45, 2.75) is 19.9 Å². The van der Waals surface area contributed by atoms with Gasteiger partial charge >= 0.3 is 0 Å². The molecule has 78 valence electrons. The van der Waals surface area contributed by atoms with Crippen LogP contribution in [0.25, 0.3) is 10.9 Å². The molecule has 3 heteroatoms. The lowest BCUT2D eigenvalue weighted by Crippen LogP contribution is -2.20. The lowest BCUT2D eigenvalue weighted by Gasteiger charge is -2.13. The Bertz CT molecular complexity index is 555. The van der Waals surface area contributed by atoms with Gasteiger partial charge < -0.3 is 9.67 Å². The number of hydrogen-bond donors (Lipinski definition) is 1. The van der Waals surface area contributed by atoms with E-state index in [9.17, 15) is 9.90 Å². The van der Waals surface area contributed by atoms with Crippen LogP contribution in [0.5, 0.6) is 5.75 Å². The Morgan fingerprint density at radius 3 is 2.53 bits per heavy atom. The number of rotatable bonds is 1. The minimum atomic E-state index is -0.0388. The molecule has 1 aromatic carbocycles. The molecule has 2 aromatic rings. The van der Waals surface area contributed by atoms with Crippen molar-refractivity contribution in [3.63, 3.8) is 0 Å². The maximum atomic E-state index is 11.7. The van der Waals surface area contributed by atoms with E-state index in [-0.39, 0.29) is 17.4 Å². The van der Waals surface area contributed by atoms with E-state index < -0.39 is 0 Å². The van der Waals surface area contributed by atoms with Crippen LogP contribution in [0.1, 0.15) is 19.9 Å². The van der Waals surface area contributed by atoms with Gasteiger partial charge in [-0.25, -0.2) is 0 Å². The fraction of sp³-hybridized carbons (Fsp3) is 0.250. The van der Waals surface area contributed by atoms with Crippen molar-refractivity contribution >= 4 is 10.9 Å². The van der Waals surface area contributed by atoms with Crippen LogP contribution in [0.3, 0.4) is 0 Å². The second-order valence-electron chi connectivity index (χ2n) is 3.88. The Kier molecular flexibility index (Phi) is 2.23. The molecule has 0 aliphatic heterocycles. The van der Waals surface area contributed by atoms with E-state index in [2.05, 4.69) is 0 Å². The number of pyridine rings is 1. The number of benzene rings is 1. The number of aromatic hydroxyl groups is 1. The molecule has 0 saturated carbocycles. The average molecular weight is 203 g/mol. The molecular formula is C12H13NO2. The summed E-state index contributed by atoms with van der Waals surface area (Å²) in [6.07, 6.45) is 0. The first-order chi connectivity index (χ1) is 7.09. The van der Waals surface area contributed by atoms with Gasteiger partial charge in [-0.05, 0) is 37.4 Å². The number of nitrogens with zero attached hydrogens (tertiary/aromatic N) is 1. The van der Waals surface area contributed by atoms with Gasteiger partial charge in [0.05, 0.1) is 5.52 Å². The number of phenolic OH excluding ortho intramolecular Hbond substituents is 1. The smallest absolute Gasteiger partial charge is 0.251 e. The van der Waals surface area contributed by atoms with Crippen molar-refractivity contribution in [1.29, 1.82) is 0 Å². The molecule has 0 radical (unpaired) electrons. The minimum absolute atomic E-state index is 0.0388. The second-order valence-corrected chi connectivity index (χ2v) is 3.88. The van der Waals surface area contributed by atoms with E-state index in [1.165, 1.54) is 0 Å². The molecule has 15 heavy (non-hydrogen) atoms. The summed E-state index contributed by atoms with van der Waals surface area (Å²) in [5.41, 5.74) is 0.737. The number of fused-ring (bicyclic) bond motifs is 1. The van der Waals surface area contributed by atoms with Gasteiger partial charge in [0.1, 0.15) is 5.75 Å². The lowest BCUT2D eigenvalue weighted by molar-refractivity contribution is 0.475. The van der Waals surface area contributed by atoms with E-state index in [4.69, 9.17) is 0 Å². The molecule has 0 aliphatic carbocycles. The van der Waals surface area contributed by atoms with Crippen LogP contribution < -0.4 is 5.56 Å². The molecule has 2 rings (SSSR count). The Morgan fingerprint density at radius 2 is 1.87 bits per heavy atom. The zero-order valence-corrected chi connectivity index (χ0v) is 8.77. The summed E-state index contributed by atoms with van der Waals surface area (Å²) in [7, 11) is 0. The normalized spacial score (nSPS) is 11.1. The van der Waals surface area contributed by atoms with Crippen molar-refractivity contribution in [3.05, 3.63) is 40.7 Å². The largest absolute Gasteiger partial charge is 0.508 e. The summed E-state index contributed by atoms with van der Waals surface area (Å²) in [5, 5.41) is 10.4. The molecule has 0 atom stereocenters. The van der Waals surface area contributed by atoms with Gasteiger partial charge in [0, 0.05) is 18.2 Å². The summed E-state index contributed by atoms with van der Waals surface area (Å²) >= 11 is 0. The van der Waals surface area contributed by atoms with E-state index in [0.717, 1.165) is 10.9 Å². The maximum Gasteiger partial charge on any atom is 0.251 e. The third-order valence-electron chi connectivity index (χ3n) is 2.43. The predicted octanol–water partition coefficient (Wildman–Crippen LogP) is 2.29. The fourth-order valence-electron chi connectivity index (χ4n) is 1.77. The van der Waals surface area contributed by atoms with E-state index in [1.807, 2.05) is 19.9 Å². The monoisotopic (exact) mass is 203 g/mol. The molecule has 3 nitrogen and oxygen atoms in total. The number of aromatic nitrogens is 1. The zero-order valence-electron chi connectivity index (χ0n) is 8.77. The van der Waals surface area contributed by atoms with Gasteiger partial charge in [0.25, 0.3) is 5.56 Å². The van der Waals surface area contributed by atoms with Gasteiger partial charge in [-0.2, -0.15) is 0 Å². The van der Waals surface area contributed by atoms with Crippen molar-refractivity contribution in [2.75, 3.05) is 0 Å². The highest BCUT2D eigenvalue weighted by molar-refractivity contribution is 5.80. The van der Waals surface area contributed by atoms with Crippen LogP contribution in [0.4, 0.5) is 0 Å². The molecular weight excluding hydrogens is 190 g/mol. The Labute approximate surface area is 87.6 Å². The van der Waals surface area contributed by atoms with Gasteiger partial charge in [0.2, 0.25) is 0 Å². The Morgan fingerprint density at radius 1 is 1.20 bits per heavy atom. The first kappa shape index (κ1) is 9.77. The highest BCUT2D eigenvalue weighted by atomic mass is 16.3. The fourth-order valence-corrected chi connectivity index (χ4v) is 1.77. The molecule has 0 unspecified atom stereocenters. The molecule has 1 aromatic heterocycles. The standard InChI is InChI=1S/C12H13NO2/c1-8(2)13-11-7-10(14)5-3-9(11)4-6-12(13)15/h3-8,14H,1-2H3. The van der Waals surface area contributed by atoms with E-state index >= 15 is 0 Å². The second kappa shape index (κ2) is 3.42. The van der Waals surface area contributed by atoms with Gasteiger partial charge in [0.15, 0.2) is 0 Å². The van der Waals surface area contributed by atoms with Crippen LogP contribution in [-0.2, 0) is 0 Å². The molecule has 0 aliphatic rings. The average Bonchev–Trinajstić information content (AvgIpc) is 2.16. The summed E-state index contributed by atoms with van der Waals surface area (Å²) in [5.74, 6) is 0.183. The predicted molar refractivity (Wildman–Crippen MR) is 60.3 cm³/mol. The van der Waals surface area contributed by atoms with Gasteiger partial charge in [-0.15, -0.1) is 0 Å². The Balaban J connectivity index is 2.91. The molecule has 0 saturated heterocycles. The summed E-state index contributed by atoms with van der Waals surface area (Å²) in [6, 6.07) is 8.47. The first-order valence-corrected chi connectivity index (χ1v) is 4.94. The molecule has 1 N–H and O–H groups in total. The number of hydrogen-bond acceptors (Lipinski definition) is 2. The quantitative estimate of drug-likeness (QED) is 0.772. The molecule has 0 bridgehead atoms. The van der Waals surface area contributed by atoms with Gasteiger partial charge in [-0.1, -0.05) is 0 Å². The highest BCUT2D eigenvalue weighted by Crippen LogP contribution is 2.20. The Hall–Kier alpha value is -1.77. The zero-order chi connectivity index (χ0) is 11.0. The van der Waals surface area contributed by atoms with Crippen LogP contribution in [-0.4, -0.2) is 9.67 Å². The highest BCUT2D eigenvalue weighted by Gasteiger charge is 2.06. The van der Waals surface area contributed by atoms with Crippen molar-refractivity contribution < 1.29 is 5.11 Å². The minimum Gasteiger partial charge on any atom is -0.508 e. The van der Waals surface area contributed by atoms with E-state index in [0.29, 0.717) is 0 Å². The maximum absolute atomic E-state index is 11.7. The molecule has 0 fully saturated rings. The molecule has 0 spiro atoms. The number of phenols is 1. The third kappa shape index (κ3) is 1.61. The van der Waals surface area contributed by atoms with Gasteiger partial charge in [-0.3, -0.25) is 4.79 Å². The summed E-state index contributed by atoms with van der Waals surface area (Å²) in [6.45, 7) is 3.90. The lowest BCUT2D eigenvalue weighted by atomic mass is 10.2. The van der Waals surface area contributed by atoms with Crippen LogP contribution >= 0.6 is 0 Å². The third-order valence-corrected chi connectivity index (χ3v) is 2.43. The van der Waals surface area contributed by atoms with Crippen molar-refractivity contribution in [3.8, 4) is 5.75 Å². The summed E-state index contributed by atoms with van der Waals surface area (Å²) in [4.78, 5) is 11.7. The molecule has 0 amide bonds. The SMILES string of the molecule is CC(C)n1c(=O)ccc2ccc(O)cc21. The van der Waals surface area contributed by atoms with Crippen LogP contribution in [0.2, 0.25) is 0 Å². The van der Waals surface area contributed by atoms with Crippen LogP contribution in [0, 0.1) is 0 Å². The topological polar surface area (TPSA) is 42.2 Å².